The number of rotatable bonds is 11. The van der Waals surface area contributed by atoms with Gasteiger partial charge in [-0.3, -0.25) is 14.4 Å². The van der Waals surface area contributed by atoms with Crippen molar-refractivity contribution in [3.05, 3.63) is 35.0 Å². The number of nitrogens with one attached hydrogen (secondary N) is 1. The van der Waals surface area contributed by atoms with Gasteiger partial charge in [-0.2, -0.15) is 0 Å². The molecule has 0 spiro atoms. The molecule has 2 aromatic rings. The summed E-state index contributed by atoms with van der Waals surface area (Å²) < 4.78 is 16.3. The van der Waals surface area contributed by atoms with Crippen molar-refractivity contribution < 1.29 is 43.3 Å². The zero-order chi connectivity index (χ0) is 32.0. The molecule has 4 rings (SSSR count). The Bertz CT molecular complexity index is 1420. The number of carboxylic acids is 1. The van der Waals surface area contributed by atoms with Crippen LogP contribution in [-0.2, 0) is 23.9 Å². The number of aliphatic carboxylic acids is 1. The van der Waals surface area contributed by atoms with E-state index in [1.807, 2.05) is 0 Å². The third kappa shape index (κ3) is 7.68. The van der Waals surface area contributed by atoms with Gasteiger partial charge in [-0.15, -0.1) is 0 Å². The lowest BCUT2D eigenvalue weighted by molar-refractivity contribution is -0.163. The molecule has 1 saturated carbocycles. The Hall–Kier alpha value is -4.13. The summed E-state index contributed by atoms with van der Waals surface area (Å²) in [5.41, 5.74) is -1.23. The van der Waals surface area contributed by atoms with E-state index in [2.05, 4.69) is 10.3 Å². The number of benzene rings is 1. The summed E-state index contributed by atoms with van der Waals surface area (Å²) >= 11 is 6.19. The lowest BCUT2D eigenvalue weighted by atomic mass is 9.80. The van der Waals surface area contributed by atoms with Crippen LogP contribution in [0.3, 0.4) is 0 Å². The van der Waals surface area contributed by atoms with Crippen LogP contribution < -0.4 is 10.1 Å². The average molecular weight is 633 g/mol. The molecule has 0 bridgehead atoms. The minimum atomic E-state index is -1.41. The number of fused-ring (bicyclic) bond motifs is 1. The van der Waals surface area contributed by atoms with Crippen molar-refractivity contribution in [3.63, 3.8) is 0 Å². The summed E-state index contributed by atoms with van der Waals surface area (Å²) in [5, 5.41) is 13.4. The van der Waals surface area contributed by atoms with E-state index in [4.69, 9.17) is 25.8 Å². The molecule has 1 saturated heterocycles. The molecule has 2 aliphatic rings. The van der Waals surface area contributed by atoms with E-state index in [-0.39, 0.29) is 63.2 Å². The van der Waals surface area contributed by atoms with E-state index < -0.39 is 41.5 Å². The van der Waals surface area contributed by atoms with Gasteiger partial charge in [-0.1, -0.05) is 11.6 Å². The van der Waals surface area contributed by atoms with Crippen LogP contribution in [0, 0.1) is 0 Å². The van der Waals surface area contributed by atoms with Gasteiger partial charge in [0.1, 0.15) is 17.5 Å². The normalized spacial score (nSPS) is 16.6. The molecule has 13 nitrogen and oxygen atoms in total. The van der Waals surface area contributed by atoms with E-state index in [0.29, 0.717) is 35.2 Å². The number of nitrogens with zero attached hydrogens (tertiary/aromatic N) is 3. The molecule has 2 heterocycles. The zero-order valence-corrected chi connectivity index (χ0v) is 25.7. The number of halogens is 1. The fraction of sp³-hybridized carbons (Fsp3) is 0.533. The van der Waals surface area contributed by atoms with Crippen LogP contribution in [-0.4, -0.2) is 100 Å². The molecule has 0 radical (unpaired) electrons. The highest BCUT2D eigenvalue weighted by atomic mass is 35.5. The molecule has 1 aromatic heterocycles. The molecule has 2 fully saturated rings. The van der Waals surface area contributed by atoms with Crippen LogP contribution in [0.5, 0.6) is 5.75 Å². The van der Waals surface area contributed by atoms with Crippen LogP contribution >= 0.6 is 11.6 Å². The number of carbonyl (C=O) groups is 5. The van der Waals surface area contributed by atoms with Crippen LogP contribution in [0.15, 0.2) is 24.3 Å². The van der Waals surface area contributed by atoms with Crippen molar-refractivity contribution in [2.24, 2.45) is 0 Å². The second-order valence-electron chi connectivity index (χ2n) is 11.0. The number of piperazine rings is 1. The van der Waals surface area contributed by atoms with Crippen molar-refractivity contribution >= 4 is 52.4 Å². The molecule has 44 heavy (non-hydrogen) atoms. The predicted molar refractivity (Wildman–Crippen MR) is 158 cm³/mol. The second-order valence-corrected chi connectivity index (χ2v) is 11.5. The maximum atomic E-state index is 13.6. The zero-order valence-electron chi connectivity index (χ0n) is 25.0. The Morgan fingerprint density at radius 3 is 2.34 bits per heavy atom. The first kappa shape index (κ1) is 32.8. The average Bonchev–Trinajstić information content (AvgIpc) is 2.95. The number of carboxylic acid groups (broad SMARTS) is 1. The third-order valence-corrected chi connectivity index (χ3v) is 7.78. The SMILES string of the molecule is CCOC(=O)N1CCN(C(=O)C(CCC(=O)OC(C)C)NC(=O)c2cc(OC3(C(=O)O)CCC3)c3ccc(Cl)cc3n2)CC1. The van der Waals surface area contributed by atoms with Gasteiger partial charge in [-0.05, 0) is 64.7 Å². The summed E-state index contributed by atoms with van der Waals surface area (Å²) in [6.07, 6.45) is 0.326. The number of aromatic nitrogens is 1. The summed E-state index contributed by atoms with van der Waals surface area (Å²) in [4.78, 5) is 71.1. The molecule has 14 heteroatoms. The number of esters is 1. The van der Waals surface area contributed by atoms with Gasteiger partial charge in [-0.25, -0.2) is 14.6 Å². The monoisotopic (exact) mass is 632 g/mol. The minimum absolute atomic E-state index is 0.0426. The summed E-state index contributed by atoms with van der Waals surface area (Å²) in [7, 11) is 0. The van der Waals surface area contributed by atoms with E-state index >= 15 is 0 Å². The number of pyridine rings is 1. The lowest BCUT2D eigenvalue weighted by Gasteiger charge is -2.38. The molecule has 1 aliphatic carbocycles. The molecule has 1 aromatic carbocycles. The highest BCUT2D eigenvalue weighted by Crippen LogP contribution is 2.39. The van der Waals surface area contributed by atoms with Gasteiger partial charge in [0.05, 0.1) is 18.2 Å². The Morgan fingerprint density at radius 2 is 1.75 bits per heavy atom. The third-order valence-electron chi connectivity index (χ3n) is 7.55. The summed E-state index contributed by atoms with van der Waals surface area (Å²) in [6.45, 7) is 6.28. The molecule has 1 unspecified atom stereocenters. The van der Waals surface area contributed by atoms with Crippen molar-refractivity contribution in [2.75, 3.05) is 32.8 Å². The summed E-state index contributed by atoms with van der Waals surface area (Å²) in [5.74, 6) is -2.63. The van der Waals surface area contributed by atoms with Crippen molar-refractivity contribution in [1.29, 1.82) is 0 Å². The van der Waals surface area contributed by atoms with E-state index in [1.165, 1.54) is 21.9 Å². The van der Waals surface area contributed by atoms with Gasteiger partial charge in [0.25, 0.3) is 5.91 Å². The van der Waals surface area contributed by atoms with Gasteiger partial charge >= 0.3 is 18.0 Å². The Balaban J connectivity index is 1.57. The largest absolute Gasteiger partial charge is 0.478 e. The number of hydrogen-bond acceptors (Lipinski definition) is 9. The first-order chi connectivity index (χ1) is 20.9. The van der Waals surface area contributed by atoms with E-state index in [1.54, 1.807) is 32.9 Å². The minimum Gasteiger partial charge on any atom is -0.478 e. The van der Waals surface area contributed by atoms with Crippen molar-refractivity contribution in [2.45, 2.75) is 70.6 Å². The van der Waals surface area contributed by atoms with Crippen LogP contribution in [0.2, 0.25) is 5.02 Å². The first-order valence-corrected chi connectivity index (χ1v) is 15.0. The summed E-state index contributed by atoms with van der Waals surface area (Å²) in [6, 6.07) is 5.01. The van der Waals surface area contributed by atoms with Gasteiger partial charge in [0.2, 0.25) is 11.5 Å². The number of carbonyl (C=O) groups excluding carboxylic acids is 4. The maximum Gasteiger partial charge on any atom is 0.409 e. The maximum absolute atomic E-state index is 13.6. The number of hydrogen-bond donors (Lipinski definition) is 2. The van der Waals surface area contributed by atoms with E-state index in [9.17, 15) is 29.1 Å². The smallest absolute Gasteiger partial charge is 0.409 e. The van der Waals surface area contributed by atoms with Gasteiger partial charge in [0, 0.05) is 49.1 Å². The molecule has 238 valence electrons. The van der Waals surface area contributed by atoms with Crippen LogP contribution in [0.25, 0.3) is 10.9 Å². The standard InChI is InChI=1S/C30H37ClN4O9/c1-4-42-29(41)35-14-12-34(13-15-35)27(38)21(8-9-25(36)43-18(2)3)33-26(37)23-17-24(44-30(28(39)40)10-5-11-30)20-7-6-19(31)16-22(20)32-23/h6-7,16-18,21H,4-5,8-15H2,1-3H3,(H,33,37)(H,39,40). The number of amides is 3. The molecule has 3 amide bonds. The van der Waals surface area contributed by atoms with Crippen LogP contribution in [0.1, 0.15) is 63.4 Å². The highest BCUT2D eigenvalue weighted by molar-refractivity contribution is 6.31. The predicted octanol–water partition coefficient (Wildman–Crippen LogP) is 3.41. The molecule has 2 N–H and O–H groups in total. The van der Waals surface area contributed by atoms with E-state index in [0.717, 1.165) is 0 Å². The lowest BCUT2D eigenvalue weighted by Crippen LogP contribution is -2.56. The van der Waals surface area contributed by atoms with Crippen molar-refractivity contribution in [1.82, 2.24) is 20.1 Å². The van der Waals surface area contributed by atoms with Gasteiger partial charge in [0.15, 0.2) is 0 Å². The quantitative estimate of drug-likeness (QED) is 0.351. The Labute approximate surface area is 259 Å². The molecular formula is C30H37ClN4O9. The highest BCUT2D eigenvalue weighted by Gasteiger charge is 2.47. The van der Waals surface area contributed by atoms with Crippen molar-refractivity contribution in [3.8, 4) is 5.75 Å². The van der Waals surface area contributed by atoms with Gasteiger partial charge < -0.3 is 34.4 Å². The van der Waals surface area contributed by atoms with Crippen LogP contribution in [0.4, 0.5) is 4.79 Å². The fourth-order valence-electron chi connectivity index (χ4n) is 5.06. The first-order valence-electron chi connectivity index (χ1n) is 14.7. The fourth-order valence-corrected chi connectivity index (χ4v) is 5.22. The molecular weight excluding hydrogens is 596 g/mol. The molecule has 1 atom stereocenters. The Kier molecular flexibility index (Phi) is 10.5. The second kappa shape index (κ2) is 14.1. The molecule has 1 aliphatic heterocycles. The Morgan fingerprint density at radius 1 is 1.07 bits per heavy atom. The topological polar surface area (TPSA) is 165 Å². The number of ether oxygens (including phenoxy) is 3.